The van der Waals surface area contributed by atoms with Crippen LogP contribution < -0.4 is 0 Å². The Balaban J connectivity index is 1.31. The Morgan fingerprint density at radius 3 is 2.03 bits per heavy atom. The fourth-order valence-corrected chi connectivity index (χ4v) is 6.22. The van der Waals surface area contributed by atoms with Crippen LogP contribution in [0.1, 0.15) is 101 Å². The minimum Gasteiger partial charge on any atom is -0.204 e. The Labute approximate surface area is 193 Å². The Morgan fingerprint density at radius 1 is 0.812 bits per heavy atom. The average Bonchev–Trinajstić information content (AvgIpc) is 2.82. The summed E-state index contributed by atoms with van der Waals surface area (Å²) in [5, 5.41) is 0. The van der Waals surface area contributed by atoms with Crippen LogP contribution in [0.2, 0.25) is 0 Å². The highest BCUT2D eigenvalue weighted by Gasteiger charge is 2.31. The molecular weight excluding hydrogens is 398 g/mol. The van der Waals surface area contributed by atoms with Gasteiger partial charge in [-0.05, 0) is 104 Å². The second kappa shape index (κ2) is 10.8. The first kappa shape index (κ1) is 23.2. The molecular formula is C30H38F2. The van der Waals surface area contributed by atoms with E-state index in [1.165, 1.54) is 81.9 Å². The van der Waals surface area contributed by atoms with Crippen LogP contribution in [-0.4, -0.2) is 0 Å². The minimum absolute atomic E-state index is 0.688. The van der Waals surface area contributed by atoms with E-state index in [4.69, 9.17) is 0 Å². The van der Waals surface area contributed by atoms with E-state index >= 15 is 0 Å². The van der Waals surface area contributed by atoms with Crippen LogP contribution in [-0.2, 0) is 0 Å². The van der Waals surface area contributed by atoms with E-state index in [1.54, 1.807) is 6.07 Å². The van der Waals surface area contributed by atoms with Crippen molar-refractivity contribution in [3.63, 3.8) is 0 Å². The predicted octanol–water partition coefficient (Wildman–Crippen LogP) is 9.41. The second-order valence-electron chi connectivity index (χ2n) is 10.3. The minimum atomic E-state index is -0.801. The van der Waals surface area contributed by atoms with Gasteiger partial charge in [-0.15, -0.1) is 0 Å². The molecule has 2 aromatic carbocycles. The van der Waals surface area contributed by atoms with Gasteiger partial charge in [0.1, 0.15) is 0 Å². The van der Waals surface area contributed by atoms with Gasteiger partial charge in [0, 0.05) is 0 Å². The maximum Gasteiger partial charge on any atom is 0.159 e. The molecule has 0 aromatic heterocycles. The van der Waals surface area contributed by atoms with Crippen molar-refractivity contribution < 1.29 is 8.78 Å². The molecule has 4 rings (SSSR count). The molecule has 0 heterocycles. The average molecular weight is 437 g/mol. The van der Waals surface area contributed by atoms with Crippen molar-refractivity contribution in [2.45, 2.75) is 84.0 Å². The third kappa shape index (κ3) is 5.69. The zero-order valence-electron chi connectivity index (χ0n) is 19.8. The number of hydrogen-bond donors (Lipinski definition) is 0. The highest BCUT2D eigenvalue weighted by Crippen LogP contribution is 2.44. The van der Waals surface area contributed by atoms with Gasteiger partial charge in [-0.1, -0.05) is 69.0 Å². The molecule has 0 amide bonds. The number of benzene rings is 2. The van der Waals surface area contributed by atoms with E-state index in [0.717, 1.165) is 34.5 Å². The molecule has 0 N–H and O–H groups in total. The standard InChI is InChI=1S/C30H38F2/c1-3-4-22-5-9-24(10-6-22)26-13-15-27(16-14-26)25-11-7-23(8-12-25)19-21(2)28-17-18-29(31)30(32)20-28/h7-8,11-12,17-20,22,24,26-27H,3-6,9-10,13-16H2,1-2H3/b21-19+. The molecule has 0 aliphatic heterocycles. The molecule has 0 unspecified atom stereocenters. The lowest BCUT2D eigenvalue weighted by Crippen LogP contribution is -2.25. The lowest BCUT2D eigenvalue weighted by Gasteiger charge is -2.38. The van der Waals surface area contributed by atoms with E-state index in [0.29, 0.717) is 5.92 Å². The smallest absolute Gasteiger partial charge is 0.159 e. The van der Waals surface area contributed by atoms with Crippen LogP contribution in [0.25, 0.3) is 11.6 Å². The molecule has 0 radical (unpaired) electrons. The van der Waals surface area contributed by atoms with Crippen molar-refractivity contribution in [3.8, 4) is 0 Å². The fraction of sp³-hybridized carbons (Fsp3) is 0.533. The van der Waals surface area contributed by atoms with E-state index in [2.05, 4.69) is 31.2 Å². The van der Waals surface area contributed by atoms with Gasteiger partial charge in [-0.25, -0.2) is 8.78 Å². The largest absolute Gasteiger partial charge is 0.204 e. The molecule has 2 aliphatic rings. The van der Waals surface area contributed by atoms with Gasteiger partial charge in [0.25, 0.3) is 0 Å². The Morgan fingerprint density at radius 2 is 1.44 bits per heavy atom. The molecule has 0 atom stereocenters. The monoisotopic (exact) mass is 436 g/mol. The van der Waals surface area contributed by atoms with Crippen molar-refractivity contribution in [2.75, 3.05) is 0 Å². The molecule has 2 heteroatoms. The highest BCUT2D eigenvalue weighted by molar-refractivity contribution is 5.80. The molecule has 32 heavy (non-hydrogen) atoms. The number of hydrogen-bond acceptors (Lipinski definition) is 0. The van der Waals surface area contributed by atoms with Gasteiger partial charge in [0.2, 0.25) is 0 Å². The summed E-state index contributed by atoms with van der Waals surface area (Å²) in [7, 11) is 0. The summed E-state index contributed by atoms with van der Waals surface area (Å²) in [6.45, 7) is 4.27. The third-order valence-electron chi connectivity index (χ3n) is 8.19. The molecule has 0 saturated heterocycles. The van der Waals surface area contributed by atoms with E-state index in [9.17, 15) is 8.78 Å². The normalized spacial score (nSPS) is 26.8. The second-order valence-corrected chi connectivity index (χ2v) is 10.3. The zero-order valence-corrected chi connectivity index (χ0v) is 19.8. The summed E-state index contributed by atoms with van der Waals surface area (Å²) in [6, 6.07) is 13.0. The first-order valence-electron chi connectivity index (χ1n) is 12.8. The quantitative estimate of drug-likeness (QED) is 0.396. The van der Waals surface area contributed by atoms with E-state index in [1.807, 2.05) is 13.0 Å². The summed E-state index contributed by atoms with van der Waals surface area (Å²) in [6.07, 6.45) is 16.1. The van der Waals surface area contributed by atoms with Crippen molar-refractivity contribution in [1.82, 2.24) is 0 Å². The van der Waals surface area contributed by atoms with Gasteiger partial charge in [-0.3, -0.25) is 0 Å². The fourth-order valence-electron chi connectivity index (χ4n) is 6.22. The number of allylic oxidation sites excluding steroid dienone is 1. The molecule has 2 aromatic rings. The molecule has 2 fully saturated rings. The number of rotatable bonds is 6. The van der Waals surface area contributed by atoms with Crippen LogP contribution in [0.5, 0.6) is 0 Å². The summed E-state index contributed by atoms with van der Waals surface area (Å²) >= 11 is 0. The molecule has 2 aliphatic carbocycles. The zero-order chi connectivity index (χ0) is 22.5. The van der Waals surface area contributed by atoms with Crippen LogP contribution >= 0.6 is 0 Å². The summed E-state index contributed by atoms with van der Waals surface area (Å²) < 4.78 is 26.7. The predicted molar refractivity (Wildman–Crippen MR) is 131 cm³/mol. The first-order chi connectivity index (χ1) is 15.5. The molecule has 0 nitrogen and oxygen atoms in total. The molecule has 2 saturated carbocycles. The van der Waals surface area contributed by atoms with E-state index in [-0.39, 0.29) is 0 Å². The first-order valence-corrected chi connectivity index (χ1v) is 12.8. The Bertz CT molecular complexity index is 895. The third-order valence-corrected chi connectivity index (χ3v) is 8.19. The van der Waals surface area contributed by atoms with Crippen LogP contribution in [0.15, 0.2) is 42.5 Å². The van der Waals surface area contributed by atoms with Gasteiger partial charge in [-0.2, -0.15) is 0 Å². The topological polar surface area (TPSA) is 0 Å². The summed E-state index contributed by atoms with van der Waals surface area (Å²) in [5.41, 5.74) is 4.21. The van der Waals surface area contributed by atoms with Crippen LogP contribution in [0.3, 0.4) is 0 Å². The highest BCUT2D eigenvalue weighted by atomic mass is 19.2. The SMILES string of the molecule is CCCC1CCC(C2CCC(c3ccc(/C=C(\C)c4ccc(F)c(F)c4)cc3)CC2)CC1. The van der Waals surface area contributed by atoms with E-state index < -0.39 is 11.6 Å². The molecule has 172 valence electrons. The van der Waals surface area contributed by atoms with Crippen LogP contribution in [0, 0.1) is 29.4 Å². The van der Waals surface area contributed by atoms with Crippen molar-refractivity contribution in [1.29, 1.82) is 0 Å². The summed E-state index contributed by atoms with van der Waals surface area (Å²) in [5.74, 6) is 2.03. The lowest BCUT2D eigenvalue weighted by atomic mass is 9.68. The Kier molecular flexibility index (Phi) is 7.81. The Hall–Kier alpha value is -1.96. The van der Waals surface area contributed by atoms with Crippen molar-refractivity contribution in [2.24, 2.45) is 17.8 Å². The number of halogens is 2. The van der Waals surface area contributed by atoms with Gasteiger partial charge >= 0.3 is 0 Å². The summed E-state index contributed by atoms with van der Waals surface area (Å²) in [4.78, 5) is 0. The molecule has 0 bridgehead atoms. The van der Waals surface area contributed by atoms with Crippen molar-refractivity contribution in [3.05, 3.63) is 70.8 Å². The van der Waals surface area contributed by atoms with Gasteiger partial charge < -0.3 is 0 Å². The maximum atomic E-state index is 13.5. The molecule has 0 spiro atoms. The maximum absolute atomic E-state index is 13.5. The van der Waals surface area contributed by atoms with Gasteiger partial charge in [0.15, 0.2) is 11.6 Å². The van der Waals surface area contributed by atoms with Crippen molar-refractivity contribution >= 4 is 11.6 Å². The van der Waals surface area contributed by atoms with Gasteiger partial charge in [0.05, 0.1) is 0 Å². The van der Waals surface area contributed by atoms with Crippen LogP contribution in [0.4, 0.5) is 8.78 Å². The lowest BCUT2D eigenvalue weighted by molar-refractivity contribution is 0.156.